The van der Waals surface area contributed by atoms with E-state index in [0.29, 0.717) is 13.0 Å². The lowest BCUT2D eigenvalue weighted by Crippen LogP contribution is -2.45. The maximum absolute atomic E-state index is 11.7. The highest BCUT2D eigenvalue weighted by atomic mass is 16.9. The molecule has 0 saturated carbocycles. The molecule has 0 bridgehead atoms. The monoisotopic (exact) mass is 261 g/mol. The van der Waals surface area contributed by atoms with E-state index in [-0.39, 0.29) is 24.3 Å². The first-order valence-corrected chi connectivity index (χ1v) is 5.85. The van der Waals surface area contributed by atoms with Crippen molar-refractivity contribution >= 4 is 5.91 Å². The van der Waals surface area contributed by atoms with Crippen LogP contribution in [0.25, 0.3) is 0 Å². The van der Waals surface area contributed by atoms with Crippen molar-refractivity contribution in [2.45, 2.75) is 46.1 Å². The number of carbonyl (C=O) groups excluding carboxylic acids is 1. The van der Waals surface area contributed by atoms with Crippen LogP contribution in [0.1, 0.15) is 40.5 Å². The minimum Gasteiger partial charge on any atom is -0.354 e. The van der Waals surface area contributed by atoms with Crippen molar-refractivity contribution in [2.75, 3.05) is 13.2 Å². The molecule has 0 aromatic carbocycles. The lowest BCUT2D eigenvalue weighted by molar-refractivity contribution is -0.758. The number of rotatable bonds is 8. The highest BCUT2D eigenvalue weighted by molar-refractivity contribution is 5.76. The first kappa shape index (κ1) is 16.6. The molecular weight excluding hydrogens is 238 g/mol. The summed E-state index contributed by atoms with van der Waals surface area (Å²) in [5, 5.41) is 11.9. The summed E-state index contributed by atoms with van der Waals surface area (Å²) in [5.74, 6) is -0.111. The van der Waals surface area contributed by atoms with Gasteiger partial charge in [-0.15, -0.1) is 10.1 Å². The Kier molecular flexibility index (Phi) is 6.04. The van der Waals surface area contributed by atoms with Gasteiger partial charge in [-0.25, -0.2) is 0 Å². The molecule has 0 heterocycles. The quantitative estimate of drug-likeness (QED) is 0.497. The Morgan fingerprint density at radius 1 is 1.39 bits per heavy atom. The van der Waals surface area contributed by atoms with Gasteiger partial charge in [0.05, 0.1) is 6.61 Å². The van der Waals surface area contributed by atoms with Gasteiger partial charge < -0.3 is 15.9 Å². The molecule has 18 heavy (non-hydrogen) atoms. The zero-order chi connectivity index (χ0) is 14.4. The van der Waals surface area contributed by atoms with Crippen molar-refractivity contribution in [3.05, 3.63) is 10.1 Å². The molecule has 0 radical (unpaired) electrons. The van der Waals surface area contributed by atoms with Crippen LogP contribution in [0.15, 0.2) is 0 Å². The van der Waals surface area contributed by atoms with E-state index in [1.165, 1.54) is 0 Å². The number of nitrogens with one attached hydrogen (secondary N) is 1. The first-order valence-electron chi connectivity index (χ1n) is 5.85. The molecule has 0 aromatic heterocycles. The topological polar surface area (TPSA) is 107 Å². The van der Waals surface area contributed by atoms with Crippen LogP contribution < -0.4 is 11.1 Å². The summed E-state index contributed by atoms with van der Waals surface area (Å²) in [6.45, 7) is 7.77. The van der Waals surface area contributed by atoms with Crippen LogP contribution in [0.3, 0.4) is 0 Å². The molecule has 3 N–H and O–H groups in total. The lowest BCUT2D eigenvalue weighted by Gasteiger charge is -2.25. The van der Waals surface area contributed by atoms with Crippen molar-refractivity contribution in [2.24, 2.45) is 11.1 Å². The molecule has 106 valence electrons. The third-order valence-electron chi connectivity index (χ3n) is 2.36. The number of nitrogens with zero attached hydrogens (tertiary/aromatic N) is 1. The fraction of sp³-hybridized carbons (Fsp3) is 0.909. The Morgan fingerprint density at radius 2 is 1.94 bits per heavy atom. The second-order valence-electron chi connectivity index (χ2n) is 5.91. The van der Waals surface area contributed by atoms with Crippen LogP contribution in [-0.2, 0) is 9.63 Å². The summed E-state index contributed by atoms with van der Waals surface area (Å²) in [5.41, 5.74) is 4.95. The number of hydrogen-bond donors (Lipinski definition) is 2. The van der Waals surface area contributed by atoms with Crippen LogP contribution in [0, 0.1) is 15.5 Å². The molecular formula is C11H23N3O4. The minimum absolute atomic E-state index is 0.00430. The summed E-state index contributed by atoms with van der Waals surface area (Å²) in [7, 11) is 0. The van der Waals surface area contributed by atoms with Gasteiger partial charge in [0.2, 0.25) is 5.91 Å². The van der Waals surface area contributed by atoms with E-state index < -0.39 is 10.6 Å². The number of amides is 1. The van der Waals surface area contributed by atoms with Crippen LogP contribution in [0.2, 0.25) is 0 Å². The molecule has 0 aromatic rings. The third kappa shape index (κ3) is 9.83. The van der Waals surface area contributed by atoms with Gasteiger partial charge in [-0.05, 0) is 25.7 Å². The van der Waals surface area contributed by atoms with E-state index in [2.05, 4.69) is 10.2 Å². The van der Waals surface area contributed by atoms with Gasteiger partial charge in [0.1, 0.15) is 0 Å². The van der Waals surface area contributed by atoms with Crippen molar-refractivity contribution < 1.29 is 14.7 Å². The van der Waals surface area contributed by atoms with E-state index in [4.69, 9.17) is 5.73 Å². The Hall–Kier alpha value is -1.37. The van der Waals surface area contributed by atoms with Crippen LogP contribution in [-0.4, -0.2) is 29.7 Å². The maximum atomic E-state index is 11.7. The molecule has 7 nitrogen and oxygen atoms in total. The van der Waals surface area contributed by atoms with Crippen LogP contribution in [0.4, 0.5) is 0 Å². The molecule has 0 unspecified atom stereocenters. The Morgan fingerprint density at radius 3 is 2.39 bits per heavy atom. The largest absolute Gasteiger partial charge is 0.354 e. The normalized spacial score (nSPS) is 12.1. The maximum Gasteiger partial charge on any atom is 0.294 e. The van der Waals surface area contributed by atoms with Gasteiger partial charge >= 0.3 is 0 Å². The Balaban J connectivity index is 3.99. The molecule has 0 rings (SSSR count). The molecule has 0 fully saturated rings. The molecule has 0 atom stereocenters. The van der Waals surface area contributed by atoms with Crippen molar-refractivity contribution in [3.8, 4) is 0 Å². The number of nitrogens with two attached hydrogens (primary N) is 1. The number of carbonyl (C=O) groups is 1. The highest BCUT2D eigenvalue weighted by Gasteiger charge is 2.23. The zero-order valence-electron chi connectivity index (χ0n) is 11.5. The predicted octanol–water partition coefficient (Wildman–Crippen LogP) is 0.855. The molecule has 1 amide bonds. The molecule has 7 heteroatoms. The standard InChI is InChI=1S/C11H23N3O4/c1-10(2,5-6-18-14(16)17)7-9(15)13-8-11(3,4)12/h5-8,12H2,1-4H3,(H,13,15). The second kappa shape index (κ2) is 6.53. The summed E-state index contributed by atoms with van der Waals surface area (Å²) < 4.78 is 0. The van der Waals surface area contributed by atoms with Crippen LogP contribution in [0.5, 0.6) is 0 Å². The van der Waals surface area contributed by atoms with E-state index in [1.54, 1.807) is 0 Å². The Labute approximate surface area is 107 Å². The van der Waals surface area contributed by atoms with Gasteiger partial charge in [0.25, 0.3) is 5.09 Å². The summed E-state index contributed by atoms with van der Waals surface area (Å²) >= 11 is 0. The summed E-state index contributed by atoms with van der Waals surface area (Å²) in [6.07, 6.45) is 0.720. The van der Waals surface area contributed by atoms with E-state index >= 15 is 0 Å². The number of hydrogen-bond acceptors (Lipinski definition) is 5. The average Bonchev–Trinajstić information content (AvgIpc) is 2.11. The van der Waals surface area contributed by atoms with Gasteiger partial charge in [0, 0.05) is 18.5 Å². The lowest BCUT2D eigenvalue weighted by atomic mass is 9.85. The average molecular weight is 261 g/mol. The van der Waals surface area contributed by atoms with Gasteiger partial charge in [-0.1, -0.05) is 13.8 Å². The fourth-order valence-electron chi connectivity index (χ4n) is 1.31. The minimum atomic E-state index is -0.826. The summed E-state index contributed by atoms with van der Waals surface area (Å²) in [4.78, 5) is 25.9. The van der Waals surface area contributed by atoms with Crippen molar-refractivity contribution in [3.63, 3.8) is 0 Å². The molecule has 0 aliphatic rings. The van der Waals surface area contributed by atoms with Gasteiger partial charge in [0.15, 0.2) is 0 Å². The molecule has 0 aliphatic heterocycles. The molecule has 0 saturated heterocycles. The predicted molar refractivity (Wildman–Crippen MR) is 67.2 cm³/mol. The van der Waals surface area contributed by atoms with E-state index in [9.17, 15) is 14.9 Å². The van der Waals surface area contributed by atoms with Crippen LogP contribution >= 0.6 is 0 Å². The smallest absolute Gasteiger partial charge is 0.294 e. The third-order valence-corrected chi connectivity index (χ3v) is 2.36. The van der Waals surface area contributed by atoms with Gasteiger partial charge in [-0.3, -0.25) is 4.79 Å². The van der Waals surface area contributed by atoms with E-state index in [0.717, 1.165) is 0 Å². The molecule has 0 spiro atoms. The van der Waals surface area contributed by atoms with E-state index in [1.807, 2.05) is 27.7 Å². The second-order valence-corrected chi connectivity index (χ2v) is 5.91. The Bertz CT molecular complexity index is 297. The van der Waals surface area contributed by atoms with Crippen molar-refractivity contribution in [1.29, 1.82) is 0 Å². The SMILES string of the molecule is CC(C)(N)CNC(=O)CC(C)(C)CCO[N+](=O)[O-]. The van der Waals surface area contributed by atoms with Crippen molar-refractivity contribution in [1.82, 2.24) is 5.32 Å². The highest BCUT2D eigenvalue weighted by Crippen LogP contribution is 2.24. The fourth-order valence-corrected chi connectivity index (χ4v) is 1.31. The van der Waals surface area contributed by atoms with Gasteiger partial charge in [-0.2, -0.15) is 0 Å². The summed E-state index contributed by atoms with van der Waals surface area (Å²) in [6, 6.07) is 0. The first-order chi connectivity index (χ1) is 8.02. The molecule has 0 aliphatic carbocycles. The zero-order valence-corrected chi connectivity index (χ0v) is 11.5.